The highest BCUT2D eigenvalue weighted by Crippen LogP contribution is 2.20. The number of benzene rings is 2. The van der Waals surface area contributed by atoms with E-state index in [4.69, 9.17) is 9.47 Å². The minimum Gasteiger partial charge on any atom is -0.494 e. The normalized spacial score (nSPS) is 15.6. The maximum absolute atomic E-state index is 9.61. The van der Waals surface area contributed by atoms with E-state index < -0.39 is 0 Å². The molecule has 1 aliphatic rings. The first-order chi connectivity index (χ1) is 13.2. The fraction of sp³-hybridized carbons (Fsp3) is 0.478. The average molecular weight is 370 g/mol. The van der Waals surface area contributed by atoms with Crippen LogP contribution in [0.25, 0.3) is 0 Å². The molecular formula is C23H31NO3. The van der Waals surface area contributed by atoms with Crippen molar-refractivity contribution in [2.75, 3.05) is 26.2 Å². The number of piperidine rings is 1. The Morgan fingerprint density at radius 2 is 1.56 bits per heavy atom. The fourth-order valence-corrected chi connectivity index (χ4v) is 3.54. The third-order valence-corrected chi connectivity index (χ3v) is 5.13. The van der Waals surface area contributed by atoms with Crippen LogP contribution in [0.1, 0.15) is 37.3 Å². The van der Waals surface area contributed by atoms with Gasteiger partial charge in [0.1, 0.15) is 18.1 Å². The highest BCUT2D eigenvalue weighted by Gasteiger charge is 2.16. The summed E-state index contributed by atoms with van der Waals surface area (Å²) in [7, 11) is 0. The van der Waals surface area contributed by atoms with Crippen molar-refractivity contribution in [3.05, 3.63) is 59.7 Å². The van der Waals surface area contributed by atoms with E-state index in [0.717, 1.165) is 56.8 Å². The van der Waals surface area contributed by atoms with E-state index in [1.54, 1.807) is 0 Å². The quantitative estimate of drug-likeness (QED) is 0.724. The molecule has 2 aromatic carbocycles. The van der Waals surface area contributed by atoms with E-state index in [0.29, 0.717) is 13.2 Å². The number of aryl methyl sites for hydroxylation is 1. The Kier molecular flexibility index (Phi) is 7.55. The Hall–Kier alpha value is -2.04. The summed E-state index contributed by atoms with van der Waals surface area (Å²) in [5.74, 6) is 1.73. The summed E-state index contributed by atoms with van der Waals surface area (Å²) in [6.07, 6.45) is 3.92. The minimum atomic E-state index is -0.0956. The molecule has 4 heteroatoms. The van der Waals surface area contributed by atoms with E-state index in [1.807, 2.05) is 31.2 Å². The van der Waals surface area contributed by atoms with E-state index in [9.17, 15) is 5.11 Å². The molecule has 0 amide bonds. The number of nitrogens with zero attached hydrogens (tertiary/aromatic N) is 1. The van der Waals surface area contributed by atoms with Crippen LogP contribution >= 0.6 is 0 Å². The summed E-state index contributed by atoms with van der Waals surface area (Å²) >= 11 is 0. The third kappa shape index (κ3) is 6.26. The van der Waals surface area contributed by atoms with Crippen LogP contribution in [0.15, 0.2) is 48.5 Å². The lowest BCUT2D eigenvalue weighted by atomic mass is 10.0. The van der Waals surface area contributed by atoms with Crippen LogP contribution in [0.5, 0.6) is 11.5 Å². The molecule has 0 aromatic heterocycles. The zero-order valence-electron chi connectivity index (χ0n) is 16.3. The number of likely N-dealkylation sites (tertiary alicyclic amines) is 1. The summed E-state index contributed by atoms with van der Waals surface area (Å²) in [6.45, 7) is 6.37. The molecule has 1 aliphatic heterocycles. The van der Waals surface area contributed by atoms with E-state index in [1.165, 1.54) is 11.1 Å². The van der Waals surface area contributed by atoms with Crippen LogP contribution < -0.4 is 9.47 Å². The number of rotatable bonds is 9. The van der Waals surface area contributed by atoms with Crippen LogP contribution in [0, 0.1) is 0 Å². The molecule has 27 heavy (non-hydrogen) atoms. The van der Waals surface area contributed by atoms with Crippen molar-refractivity contribution in [2.45, 2.75) is 45.3 Å². The van der Waals surface area contributed by atoms with Gasteiger partial charge in [0.2, 0.25) is 0 Å². The van der Waals surface area contributed by atoms with Gasteiger partial charge in [-0.1, -0.05) is 24.3 Å². The molecule has 0 spiro atoms. The minimum absolute atomic E-state index is 0.0956. The number of aliphatic hydroxyl groups is 1. The van der Waals surface area contributed by atoms with Crippen molar-refractivity contribution in [1.82, 2.24) is 4.90 Å². The number of ether oxygens (including phenoxy) is 2. The molecule has 0 bridgehead atoms. The molecule has 0 aliphatic carbocycles. The molecule has 1 N–H and O–H groups in total. The second kappa shape index (κ2) is 10.3. The second-order valence-electron chi connectivity index (χ2n) is 7.14. The Balaban J connectivity index is 1.48. The molecule has 2 aromatic rings. The monoisotopic (exact) mass is 369 g/mol. The molecule has 1 fully saturated rings. The highest BCUT2D eigenvalue weighted by atomic mass is 16.5. The van der Waals surface area contributed by atoms with Gasteiger partial charge < -0.3 is 19.5 Å². The third-order valence-electron chi connectivity index (χ3n) is 5.13. The van der Waals surface area contributed by atoms with Crippen molar-refractivity contribution in [2.24, 2.45) is 0 Å². The maximum Gasteiger partial charge on any atom is 0.120 e. The molecule has 146 valence electrons. The summed E-state index contributed by atoms with van der Waals surface area (Å²) in [6, 6.07) is 16.3. The van der Waals surface area contributed by atoms with Gasteiger partial charge in [0, 0.05) is 13.1 Å². The number of hydrogen-bond acceptors (Lipinski definition) is 4. The first-order valence-corrected chi connectivity index (χ1v) is 10.1. The maximum atomic E-state index is 9.61. The van der Waals surface area contributed by atoms with Crippen molar-refractivity contribution in [3.8, 4) is 11.5 Å². The average Bonchev–Trinajstić information content (AvgIpc) is 2.70. The number of aliphatic hydroxyl groups excluding tert-OH is 1. The number of hydrogen-bond donors (Lipinski definition) is 1. The lowest BCUT2D eigenvalue weighted by Crippen LogP contribution is -2.36. The predicted molar refractivity (Wildman–Crippen MR) is 108 cm³/mol. The van der Waals surface area contributed by atoms with Gasteiger partial charge in [-0.3, -0.25) is 0 Å². The van der Waals surface area contributed by atoms with Crippen LogP contribution in [-0.4, -0.2) is 42.4 Å². The smallest absolute Gasteiger partial charge is 0.120 e. The Bertz CT molecular complexity index is 678. The predicted octanol–water partition coefficient (Wildman–Crippen LogP) is 4.05. The van der Waals surface area contributed by atoms with Gasteiger partial charge in [-0.25, -0.2) is 0 Å². The van der Waals surface area contributed by atoms with Crippen molar-refractivity contribution in [3.63, 3.8) is 0 Å². The van der Waals surface area contributed by atoms with Gasteiger partial charge >= 0.3 is 0 Å². The SMILES string of the molecule is CCOc1ccc(OCc2ccccc2CCCN2CCC(O)CC2)cc1. The van der Waals surface area contributed by atoms with E-state index >= 15 is 0 Å². The Labute approximate surface area is 162 Å². The molecule has 4 nitrogen and oxygen atoms in total. The van der Waals surface area contributed by atoms with Gasteiger partial charge in [-0.2, -0.15) is 0 Å². The molecule has 0 unspecified atom stereocenters. The lowest BCUT2D eigenvalue weighted by molar-refractivity contribution is 0.0821. The van der Waals surface area contributed by atoms with Crippen LogP contribution in [0.3, 0.4) is 0 Å². The van der Waals surface area contributed by atoms with Crippen LogP contribution in [0.4, 0.5) is 0 Å². The molecule has 0 radical (unpaired) electrons. The van der Waals surface area contributed by atoms with Gasteiger partial charge in [0.15, 0.2) is 0 Å². The molecule has 0 saturated carbocycles. The Morgan fingerprint density at radius 3 is 2.22 bits per heavy atom. The van der Waals surface area contributed by atoms with Crippen molar-refractivity contribution in [1.29, 1.82) is 0 Å². The second-order valence-corrected chi connectivity index (χ2v) is 7.14. The molecule has 0 atom stereocenters. The lowest BCUT2D eigenvalue weighted by Gasteiger charge is -2.29. The van der Waals surface area contributed by atoms with Crippen molar-refractivity contribution < 1.29 is 14.6 Å². The van der Waals surface area contributed by atoms with Gasteiger partial charge in [-0.15, -0.1) is 0 Å². The van der Waals surface area contributed by atoms with Gasteiger partial charge in [0.25, 0.3) is 0 Å². The first-order valence-electron chi connectivity index (χ1n) is 10.1. The van der Waals surface area contributed by atoms with E-state index in [2.05, 4.69) is 29.2 Å². The molecular weight excluding hydrogens is 338 g/mol. The van der Waals surface area contributed by atoms with Crippen LogP contribution in [0.2, 0.25) is 0 Å². The van der Waals surface area contributed by atoms with E-state index in [-0.39, 0.29) is 6.10 Å². The highest BCUT2D eigenvalue weighted by molar-refractivity contribution is 5.32. The summed E-state index contributed by atoms with van der Waals surface area (Å²) in [4.78, 5) is 2.46. The Morgan fingerprint density at radius 1 is 0.926 bits per heavy atom. The largest absolute Gasteiger partial charge is 0.494 e. The van der Waals surface area contributed by atoms with Crippen LogP contribution in [-0.2, 0) is 13.0 Å². The zero-order chi connectivity index (χ0) is 18.9. The topological polar surface area (TPSA) is 41.9 Å². The standard InChI is InChI=1S/C23H31NO3/c1-2-26-22-9-11-23(12-10-22)27-18-20-7-4-3-6-19(20)8-5-15-24-16-13-21(25)14-17-24/h3-4,6-7,9-12,21,25H,2,5,8,13-18H2,1H3. The first kappa shape index (κ1) is 19.7. The zero-order valence-corrected chi connectivity index (χ0v) is 16.3. The summed E-state index contributed by atoms with van der Waals surface area (Å²) in [5.41, 5.74) is 2.61. The van der Waals surface area contributed by atoms with Gasteiger partial charge in [0.05, 0.1) is 12.7 Å². The molecule has 1 heterocycles. The summed E-state index contributed by atoms with van der Waals surface area (Å²) < 4.78 is 11.4. The molecule has 1 saturated heterocycles. The van der Waals surface area contributed by atoms with Gasteiger partial charge in [-0.05, 0) is 74.5 Å². The molecule has 3 rings (SSSR count). The fourth-order valence-electron chi connectivity index (χ4n) is 3.54. The van der Waals surface area contributed by atoms with Crippen molar-refractivity contribution >= 4 is 0 Å². The summed E-state index contributed by atoms with van der Waals surface area (Å²) in [5, 5.41) is 9.61.